The number of nitrogens with one attached hydrogen (secondary N) is 2. The molecule has 0 fully saturated rings. The van der Waals surface area contributed by atoms with Gasteiger partial charge in [0.05, 0.1) is 19.8 Å². The van der Waals surface area contributed by atoms with Gasteiger partial charge in [0.15, 0.2) is 17.3 Å². The summed E-state index contributed by atoms with van der Waals surface area (Å²) in [5.41, 5.74) is 1.51. The quantitative estimate of drug-likeness (QED) is 0.488. The molecule has 33 heavy (non-hydrogen) atoms. The van der Waals surface area contributed by atoms with Gasteiger partial charge in [-0.15, -0.1) is 10.2 Å². The van der Waals surface area contributed by atoms with E-state index in [1.165, 1.54) is 0 Å². The van der Waals surface area contributed by atoms with Gasteiger partial charge in [-0.3, -0.25) is 9.59 Å². The highest BCUT2D eigenvalue weighted by Crippen LogP contribution is 2.31. The monoisotopic (exact) mass is 450 g/mol. The van der Waals surface area contributed by atoms with Crippen molar-refractivity contribution in [1.29, 1.82) is 0 Å². The molecule has 2 N–H and O–H groups in total. The van der Waals surface area contributed by atoms with Crippen LogP contribution in [-0.4, -0.2) is 34.8 Å². The molecule has 3 aromatic rings. The summed E-state index contributed by atoms with van der Waals surface area (Å²) in [6.07, 6.45) is 0.339. The van der Waals surface area contributed by atoms with Crippen LogP contribution in [0.5, 0.6) is 11.5 Å². The van der Waals surface area contributed by atoms with Crippen LogP contribution in [0.3, 0.4) is 0 Å². The summed E-state index contributed by atoms with van der Waals surface area (Å²) < 4.78 is 11.2. The smallest absolute Gasteiger partial charge is 0.273 e. The second-order valence-electron chi connectivity index (χ2n) is 8.22. The number of ether oxygens (including phenoxy) is 2. The zero-order valence-corrected chi connectivity index (χ0v) is 19.4. The van der Waals surface area contributed by atoms with Gasteiger partial charge in [0, 0.05) is 18.4 Å². The van der Waals surface area contributed by atoms with Crippen molar-refractivity contribution < 1.29 is 14.3 Å². The summed E-state index contributed by atoms with van der Waals surface area (Å²) in [7, 11) is 1.56. The minimum atomic E-state index is -0.372. The van der Waals surface area contributed by atoms with Crippen molar-refractivity contribution in [2.24, 2.45) is 5.92 Å². The topological polar surface area (TPSA) is 106 Å². The lowest BCUT2D eigenvalue weighted by atomic mass is 10.1. The van der Waals surface area contributed by atoms with Gasteiger partial charge in [-0.25, -0.2) is 0 Å². The van der Waals surface area contributed by atoms with Crippen LogP contribution in [0.15, 0.2) is 53.3 Å². The number of amides is 1. The molecular weight excluding hydrogens is 420 g/mol. The van der Waals surface area contributed by atoms with E-state index >= 15 is 0 Å². The van der Waals surface area contributed by atoms with Crippen molar-refractivity contribution in [3.05, 3.63) is 70.1 Å². The average molecular weight is 451 g/mol. The van der Waals surface area contributed by atoms with Crippen LogP contribution in [0.25, 0.3) is 11.4 Å². The third kappa shape index (κ3) is 6.65. The fourth-order valence-electron chi connectivity index (χ4n) is 3.22. The van der Waals surface area contributed by atoms with Crippen LogP contribution in [-0.2, 0) is 11.2 Å². The Morgan fingerprint density at radius 1 is 1.06 bits per heavy atom. The number of aromatic nitrogens is 3. The van der Waals surface area contributed by atoms with Gasteiger partial charge in [-0.1, -0.05) is 44.2 Å². The first-order valence-electron chi connectivity index (χ1n) is 11.0. The van der Waals surface area contributed by atoms with E-state index < -0.39 is 0 Å². The molecule has 1 aromatic heterocycles. The minimum Gasteiger partial charge on any atom is -0.493 e. The molecule has 0 spiro atoms. The number of hydrogen-bond acceptors (Lipinski definition) is 6. The van der Waals surface area contributed by atoms with Gasteiger partial charge in [-0.2, -0.15) is 0 Å². The van der Waals surface area contributed by atoms with E-state index in [-0.39, 0.29) is 36.0 Å². The van der Waals surface area contributed by atoms with Crippen LogP contribution in [0.2, 0.25) is 0 Å². The predicted octanol–water partition coefficient (Wildman–Crippen LogP) is 3.69. The molecule has 0 bridgehead atoms. The predicted molar refractivity (Wildman–Crippen MR) is 126 cm³/mol. The van der Waals surface area contributed by atoms with Crippen LogP contribution in [0, 0.1) is 5.92 Å². The van der Waals surface area contributed by atoms with E-state index in [1.807, 2.05) is 37.3 Å². The third-order valence-corrected chi connectivity index (χ3v) is 5.04. The van der Waals surface area contributed by atoms with Gasteiger partial charge in [-0.05, 0) is 36.6 Å². The number of nitrogens with zero attached hydrogens (tertiary/aromatic N) is 2. The standard InChI is InChI=1S/C25H30N4O4/c1-16(2)15-33-21-12-10-19(14-22(21)32-4)24-27-25(31)20(28-29-24)11-13-23(30)26-17(3)18-8-6-5-7-9-18/h5-10,12,14,16-17H,11,13,15H2,1-4H3,(H,26,30)(H,27,29,31)/t17-/m0/s1. The molecule has 1 atom stereocenters. The molecule has 3 rings (SSSR count). The van der Waals surface area contributed by atoms with Gasteiger partial charge >= 0.3 is 0 Å². The third-order valence-electron chi connectivity index (χ3n) is 5.04. The van der Waals surface area contributed by atoms with Crippen molar-refractivity contribution in [2.45, 2.75) is 39.7 Å². The van der Waals surface area contributed by atoms with Crippen molar-refractivity contribution in [1.82, 2.24) is 20.5 Å². The van der Waals surface area contributed by atoms with Crippen LogP contribution in [0.1, 0.15) is 44.5 Å². The normalized spacial score (nSPS) is 11.8. The molecule has 174 valence electrons. The van der Waals surface area contributed by atoms with Gasteiger partial charge in [0.1, 0.15) is 5.69 Å². The Morgan fingerprint density at radius 2 is 1.82 bits per heavy atom. The Morgan fingerprint density at radius 3 is 2.48 bits per heavy atom. The highest BCUT2D eigenvalue weighted by Gasteiger charge is 2.14. The second kappa shape index (κ2) is 11.3. The van der Waals surface area contributed by atoms with Crippen molar-refractivity contribution >= 4 is 5.91 Å². The van der Waals surface area contributed by atoms with E-state index in [2.05, 4.69) is 34.3 Å². The molecule has 8 heteroatoms. The van der Waals surface area contributed by atoms with E-state index in [1.54, 1.807) is 25.3 Å². The fraction of sp³-hybridized carbons (Fsp3) is 0.360. The van der Waals surface area contributed by atoms with E-state index in [9.17, 15) is 9.59 Å². The largest absolute Gasteiger partial charge is 0.493 e. The minimum absolute atomic E-state index is 0.118. The van der Waals surface area contributed by atoms with Crippen LogP contribution in [0.4, 0.5) is 0 Å². The first-order valence-corrected chi connectivity index (χ1v) is 11.0. The summed E-state index contributed by atoms with van der Waals surface area (Å²) in [5, 5.41) is 11.1. The van der Waals surface area contributed by atoms with Crippen molar-refractivity contribution in [3.8, 4) is 22.9 Å². The van der Waals surface area contributed by atoms with E-state index in [0.717, 1.165) is 5.56 Å². The SMILES string of the molecule is COc1cc(-c2nnc(CCC(=O)N[C@@H](C)c3ccccc3)c(=O)[nH]2)ccc1OCC(C)C. The molecule has 2 aromatic carbocycles. The molecule has 0 aliphatic carbocycles. The zero-order chi connectivity index (χ0) is 23.8. The maximum Gasteiger partial charge on any atom is 0.273 e. The molecule has 0 saturated carbocycles. The van der Waals surface area contributed by atoms with Gasteiger partial charge in [0.2, 0.25) is 5.91 Å². The average Bonchev–Trinajstić information content (AvgIpc) is 2.82. The molecule has 8 nitrogen and oxygen atoms in total. The molecule has 1 amide bonds. The summed E-state index contributed by atoms with van der Waals surface area (Å²) in [6, 6.07) is 14.9. The Kier molecular flexibility index (Phi) is 8.18. The van der Waals surface area contributed by atoms with Gasteiger partial charge in [0.25, 0.3) is 5.56 Å². The lowest BCUT2D eigenvalue weighted by Crippen LogP contribution is -2.28. The summed E-state index contributed by atoms with van der Waals surface area (Å²) in [4.78, 5) is 27.6. The Hall–Kier alpha value is -3.68. The summed E-state index contributed by atoms with van der Waals surface area (Å²) >= 11 is 0. The maximum absolute atomic E-state index is 12.5. The number of aromatic amines is 1. The number of methoxy groups -OCH3 is 1. The van der Waals surface area contributed by atoms with Gasteiger partial charge < -0.3 is 19.8 Å². The van der Waals surface area contributed by atoms with Crippen molar-refractivity contribution in [2.75, 3.05) is 13.7 Å². The molecule has 0 aliphatic heterocycles. The number of carbonyl (C=O) groups is 1. The molecule has 0 saturated heterocycles. The Bertz CT molecular complexity index is 1130. The first kappa shape index (κ1) is 24.0. The lowest BCUT2D eigenvalue weighted by Gasteiger charge is -2.14. The fourth-order valence-corrected chi connectivity index (χ4v) is 3.22. The van der Waals surface area contributed by atoms with Crippen molar-refractivity contribution in [3.63, 3.8) is 0 Å². The number of aryl methyl sites for hydroxylation is 1. The number of hydrogen-bond donors (Lipinski definition) is 2. The Labute approximate surface area is 193 Å². The summed E-state index contributed by atoms with van der Waals surface area (Å²) in [5.74, 6) is 1.72. The van der Waals surface area contributed by atoms with Crippen LogP contribution < -0.4 is 20.3 Å². The number of rotatable bonds is 10. The summed E-state index contributed by atoms with van der Waals surface area (Å²) in [6.45, 7) is 6.62. The number of benzene rings is 2. The molecular formula is C25H30N4O4. The highest BCUT2D eigenvalue weighted by molar-refractivity contribution is 5.76. The Balaban J connectivity index is 1.64. The highest BCUT2D eigenvalue weighted by atomic mass is 16.5. The van der Waals surface area contributed by atoms with Crippen LogP contribution >= 0.6 is 0 Å². The zero-order valence-electron chi connectivity index (χ0n) is 19.4. The second-order valence-corrected chi connectivity index (χ2v) is 8.22. The molecule has 0 unspecified atom stereocenters. The van der Waals surface area contributed by atoms with E-state index in [0.29, 0.717) is 35.4 Å². The lowest BCUT2D eigenvalue weighted by molar-refractivity contribution is -0.121. The van der Waals surface area contributed by atoms with E-state index in [4.69, 9.17) is 9.47 Å². The first-order chi connectivity index (χ1) is 15.9. The molecule has 0 radical (unpaired) electrons. The number of H-pyrrole nitrogens is 1. The maximum atomic E-state index is 12.5. The number of carbonyl (C=O) groups excluding carboxylic acids is 1. The molecule has 1 heterocycles. The molecule has 0 aliphatic rings.